The highest BCUT2D eigenvalue weighted by atomic mass is 16.2. The Bertz CT molecular complexity index is 992. The first kappa shape index (κ1) is 25.3. The van der Waals surface area contributed by atoms with E-state index in [-0.39, 0.29) is 29.7 Å². The van der Waals surface area contributed by atoms with Crippen LogP contribution in [0.2, 0.25) is 0 Å². The lowest BCUT2D eigenvalue weighted by atomic mass is 9.76. The second-order valence-corrected chi connectivity index (χ2v) is 10.1. The molecular formula is C28H39N5O2. The zero-order chi connectivity index (χ0) is 24.8. The van der Waals surface area contributed by atoms with Gasteiger partial charge >= 0.3 is 0 Å². The van der Waals surface area contributed by atoms with E-state index in [1.165, 1.54) is 6.42 Å². The highest BCUT2D eigenvalue weighted by molar-refractivity contribution is 5.90. The largest absolute Gasteiger partial charge is 0.335 e. The van der Waals surface area contributed by atoms with Crippen LogP contribution in [0.1, 0.15) is 69.9 Å². The molecule has 7 heteroatoms. The van der Waals surface area contributed by atoms with Gasteiger partial charge in [-0.1, -0.05) is 31.4 Å². The van der Waals surface area contributed by atoms with E-state index in [0.29, 0.717) is 18.3 Å². The normalized spacial score (nSPS) is 20.4. The molecule has 7 nitrogen and oxygen atoms in total. The highest BCUT2D eigenvalue weighted by Gasteiger charge is 2.39. The van der Waals surface area contributed by atoms with Crippen LogP contribution in [0.4, 0.5) is 11.6 Å². The van der Waals surface area contributed by atoms with E-state index in [4.69, 9.17) is 0 Å². The van der Waals surface area contributed by atoms with E-state index in [9.17, 15) is 9.59 Å². The summed E-state index contributed by atoms with van der Waals surface area (Å²) in [5.41, 5.74) is 2.13. The molecule has 1 aromatic carbocycles. The maximum atomic E-state index is 14.0. The number of anilines is 2. The molecule has 2 aromatic rings. The highest BCUT2D eigenvalue weighted by Crippen LogP contribution is 2.39. The standard InChI is InChI=1S/C28H39N5O2/c1-20(29-2)26(34)19-24(21-10-5-4-6-11-21)27(35)33-17-8-14-25(33)22-12-7-13-23(18-22)32(3)28-30-15-9-16-31-28/h7,9,12-13,15-16,18,20-21,24-25,29H,4-6,8,10-11,14,17,19H2,1-3H3/t20-,24-,25-/m0/s1. The van der Waals surface area contributed by atoms with E-state index < -0.39 is 0 Å². The molecule has 0 unspecified atom stereocenters. The van der Waals surface area contributed by atoms with E-state index in [1.54, 1.807) is 25.5 Å². The quantitative estimate of drug-likeness (QED) is 0.565. The number of rotatable bonds is 9. The number of amides is 1. The Kier molecular flexibility index (Phi) is 8.50. The van der Waals surface area contributed by atoms with Crippen LogP contribution in [-0.4, -0.2) is 53.2 Å². The SMILES string of the molecule is CN[C@@H](C)C(=O)C[C@H](C(=O)N1CCC[C@H]1c1cccc(N(C)c2ncccn2)c1)C1CCCCC1. The van der Waals surface area contributed by atoms with Crippen LogP contribution in [0, 0.1) is 11.8 Å². The molecule has 1 amide bonds. The first-order chi connectivity index (χ1) is 17.0. The predicted molar refractivity (Wildman–Crippen MR) is 138 cm³/mol. The van der Waals surface area contributed by atoms with Crippen LogP contribution in [0.25, 0.3) is 0 Å². The summed E-state index contributed by atoms with van der Waals surface area (Å²) < 4.78 is 0. The summed E-state index contributed by atoms with van der Waals surface area (Å²) >= 11 is 0. The molecule has 188 valence electrons. The van der Waals surface area contributed by atoms with E-state index in [0.717, 1.165) is 56.3 Å². The van der Waals surface area contributed by atoms with Gasteiger partial charge in [0.05, 0.1) is 12.1 Å². The van der Waals surface area contributed by atoms with Gasteiger partial charge in [-0.3, -0.25) is 9.59 Å². The number of carbonyl (C=O) groups excluding carboxylic acids is 2. The lowest BCUT2D eigenvalue weighted by molar-refractivity contribution is -0.141. The molecule has 0 spiro atoms. The molecule has 4 rings (SSSR count). The van der Waals surface area contributed by atoms with Gasteiger partial charge in [0, 0.05) is 44.0 Å². The smallest absolute Gasteiger partial charge is 0.229 e. The van der Waals surface area contributed by atoms with Crippen molar-refractivity contribution in [3.05, 3.63) is 48.3 Å². The summed E-state index contributed by atoms with van der Waals surface area (Å²) in [5.74, 6) is 1.03. The lowest BCUT2D eigenvalue weighted by Gasteiger charge is -2.35. The Labute approximate surface area is 209 Å². The van der Waals surface area contributed by atoms with Crippen molar-refractivity contribution in [2.45, 2.75) is 70.4 Å². The average molecular weight is 478 g/mol. The molecule has 1 saturated heterocycles. The Hall–Kier alpha value is -2.80. The van der Waals surface area contributed by atoms with Crippen LogP contribution < -0.4 is 10.2 Å². The van der Waals surface area contributed by atoms with E-state index in [1.807, 2.05) is 31.0 Å². The number of hydrogen-bond donors (Lipinski definition) is 1. The molecule has 1 aromatic heterocycles. The van der Waals surface area contributed by atoms with E-state index in [2.05, 4.69) is 32.3 Å². The third-order valence-corrected chi connectivity index (χ3v) is 7.90. The van der Waals surface area contributed by atoms with Gasteiger partial charge in [0.1, 0.15) is 5.78 Å². The van der Waals surface area contributed by atoms with Crippen molar-refractivity contribution in [2.24, 2.45) is 11.8 Å². The molecule has 1 aliphatic carbocycles. The number of nitrogens with one attached hydrogen (secondary N) is 1. The van der Waals surface area contributed by atoms with Crippen molar-refractivity contribution in [1.82, 2.24) is 20.2 Å². The van der Waals surface area contributed by atoms with Gasteiger partial charge in [-0.25, -0.2) is 9.97 Å². The van der Waals surface area contributed by atoms with Gasteiger partial charge in [0.15, 0.2) is 0 Å². The maximum absolute atomic E-state index is 14.0. The van der Waals surface area contributed by atoms with Crippen molar-refractivity contribution >= 4 is 23.3 Å². The van der Waals surface area contributed by atoms with Crippen molar-refractivity contribution in [3.63, 3.8) is 0 Å². The number of carbonyl (C=O) groups is 2. The summed E-state index contributed by atoms with van der Waals surface area (Å²) in [6.07, 6.45) is 11.4. The number of hydrogen-bond acceptors (Lipinski definition) is 6. The fraction of sp³-hybridized carbons (Fsp3) is 0.571. The van der Waals surface area contributed by atoms with Crippen LogP contribution in [-0.2, 0) is 9.59 Å². The molecule has 1 saturated carbocycles. The topological polar surface area (TPSA) is 78.4 Å². The molecule has 1 N–H and O–H groups in total. The minimum Gasteiger partial charge on any atom is -0.335 e. The molecular weight excluding hydrogens is 438 g/mol. The molecule has 3 atom stereocenters. The van der Waals surface area contributed by atoms with Gasteiger partial charge in [-0.05, 0) is 69.3 Å². The van der Waals surface area contributed by atoms with Crippen molar-refractivity contribution in [2.75, 3.05) is 25.5 Å². The molecule has 2 heterocycles. The van der Waals surface area contributed by atoms with Crippen LogP contribution in [0.3, 0.4) is 0 Å². The third kappa shape index (κ3) is 5.89. The average Bonchev–Trinajstić information content (AvgIpc) is 3.41. The second-order valence-electron chi connectivity index (χ2n) is 10.1. The van der Waals surface area contributed by atoms with E-state index >= 15 is 0 Å². The Morgan fingerprint density at radius 3 is 2.54 bits per heavy atom. The fourth-order valence-electron chi connectivity index (χ4n) is 5.66. The number of nitrogens with zero attached hydrogens (tertiary/aromatic N) is 4. The van der Waals surface area contributed by atoms with Gasteiger partial charge < -0.3 is 15.1 Å². The monoisotopic (exact) mass is 477 g/mol. The predicted octanol–water partition coefficient (Wildman–Crippen LogP) is 4.67. The number of aromatic nitrogens is 2. The molecule has 2 aliphatic rings. The van der Waals surface area contributed by atoms with Crippen LogP contribution in [0.5, 0.6) is 0 Å². The third-order valence-electron chi connectivity index (χ3n) is 7.90. The minimum atomic E-state index is -0.226. The first-order valence-corrected chi connectivity index (χ1v) is 13.1. The van der Waals surface area contributed by atoms with Crippen LogP contribution in [0.15, 0.2) is 42.7 Å². The second kappa shape index (κ2) is 11.8. The Balaban J connectivity index is 1.56. The zero-order valence-electron chi connectivity index (χ0n) is 21.3. The number of likely N-dealkylation sites (tertiary alicyclic amines) is 1. The number of ketones is 1. The minimum absolute atomic E-state index is 0.0375. The number of likely N-dealkylation sites (N-methyl/N-ethyl adjacent to an activating group) is 1. The molecule has 0 radical (unpaired) electrons. The first-order valence-electron chi connectivity index (χ1n) is 13.1. The molecule has 2 fully saturated rings. The summed E-state index contributed by atoms with van der Waals surface area (Å²) in [4.78, 5) is 39.7. The van der Waals surface area contributed by atoms with Gasteiger partial charge in [-0.15, -0.1) is 0 Å². The van der Waals surface area contributed by atoms with Crippen molar-refractivity contribution in [3.8, 4) is 0 Å². The summed E-state index contributed by atoms with van der Waals surface area (Å²) in [6.45, 7) is 2.65. The molecule has 0 bridgehead atoms. The zero-order valence-corrected chi connectivity index (χ0v) is 21.3. The van der Waals surface area contributed by atoms with Crippen molar-refractivity contribution < 1.29 is 9.59 Å². The molecule has 1 aliphatic heterocycles. The Morgan fingerprint density at radius 1 is 1.09 bits per heavy atom. The van der Waals surface area contributed by atoms with Crippen molar-refractivity contribution in [1.29, 1.82) is 0 Å². The summed E-state index contributed by atoms with van der Waals surface area (Å²) in [7, 11) is 3.76. The summed E-state index contributed by atoms with van der Waals surface area (Å²) in [6, 6.07) is 9.97. The van der Waals surface area contributed by atoms with Gasteiger partial charge in [-0.2, -0.15) is 0 Å². The maximum Gasteiger partial charge on any atom is 0.229 e. The molecule has 35 heavy (non-hydrogen) atoms. The van der Waals surface area contributed by atoms with Gasteiger partial charge in [0.2, 0.25) is 11.9 Å². The lowest BCUT2D eigenvalue weighted by Crippen LogP contribution is -2.42. The number of Topliss-reactive ketones (excluding diaryl/α,β-unsaturated/α-hetero) is 1. The Morgan fingerprint density at radius 2 is 1.83 bits per heavy atom. The van der Waals surface area contributed by atoms with Gasteiger partial charge in [0.25, 0.3) is 0 Å². The summed E-state index contributed by atoms with van der Waals surface area (Å²) in [5, 5.41) is 3.06. The van der Waals surface area contributed by atoms with Crippen LogP contribution >= 0.6 is 0 Å². The fourth-order valence-corrected chi connectivity index (χ4v) is 5.66. The number of benzene rings is 1.